The van der Waals surface area contributed by atoms with Crippen LogP contribution in [0.1, 0.15) is 40.7 Å². The standard InChI is InChI=1S/C18H24N4O3/c1-5-14-10-16(20-25-14)18(23)22-6-7-24-17(11-22)15-9-13(21(3)4)8-12(2)19-15/h8-10,17H,5-7,11H2,1-4H3. The average molecular weight is 344 g/mol. The lowest BCUT2D eigenvalue weighted by Crippen LogP contribution is -2.42. The Morgan fingerprint density at radius 2 is 2.16 bits per heavy atom. The molecule has 0 spiro atoms. The van der Waals surface area contributed by atoms with Gasteiger partial charge < -0.3 is 19.1 Å². The Morgan fingerprint density at radius 3 is 2.84 bits per heavy atom. The Morgan fingerprint density at radius 1 is 1.36 bits per heavy atom. The molecule has 1 fully saturated rings. The first-order chi connectivity index (χ1) is 12.0. The number of morpholine rings is 1. The molecule has 1 atom stereocenters. The fourth-order valence-corrected chi connectivity index (χ4v) is 2.85. The highest BCUT2D eigenvalue weighted by Gasteiger charge is 2.29. The highest BCUT2D eigenvalue weighted by Crippen LogP contribution is 2.25. The van der Waals surface area contributed by atoms with Gasteiger partial charge in [0.25, 0.3) is 5.91 Å². The molecule has 1 amide bonds. The van der Waals surface area contributed by atoms with Gasteiger partial charge in [-0.1, -0.05) is 12.1 Å². The van der Waals surface area contributed by atoms with Crippen LogP contribution in [0.4, 0.5) is 5.69 Å². The second-order valence-electron chi connectivity index (χ2n) is 6.43. The molecule has 0 N–H and O–H groups in total. The molecule has 0 bridgehead atoms. The molecule has 0 radical (unpaired) electrons. The number of anilines is 1. The normalized spacial score (nSPS) is 17.6. The summed E-state index contributed by atoms with van der Waals surface area (Å²) < 4.78 is 11.0. The summed E-state index contributed by atoms with van der Waals surface area (Å²) in [6, 6.07) is 5.75. The number of carbonyl (C=O) groups is 1. The third-order valence-electron chi connectivity index (χ3n) is 4.28. The van der Waals surface area contributed by atoms with Crippen LogP contribution < -0.4 is 4.90 Å². The number of hydrogen-bond donors (Lipinski definition) is 0. The smallest absolute Gasteiger partial charge is 0.276 e. The van der Waals surface area contributed by atoms with Crippen LogP contribution in [0.15, 0.2) is 22.7 Å². The van der Waals surface area contributed by atoms with Gasteiger partial charge in [-0.05, 0) is 19.1 Å². The number of amides is 1. The molecule has 1 saturated heterocycles. The van der Waals surface area contributed by atoms with Crippen molar-refractivity contribution >= 4 is 11.6 Å². The quantitative estimate of drug-likeness (QED) is 0.847. The number of aromatic nitrogens is 2. The van der Waals surface area contributed by atoms with E-state index in [9.17, 15) is 4.79 Å². The van der Waals surface area contributed by atoms with Gasteiger partial charge in [0.15, 0.2) is 5.69 Å². The molecular formula is C18H24N4O3. The molecule has 25 heavy (non-hydrogen) atoms. The number of carbonyl (C=O) groups excluding carboxylic acids is 1. The van der Waals surface area contributed by atoms with E-state index in [4.69, 9.17) is 9.26 Å². The van der Waals surface area contributed by atoms with Crippen LogP contribution >= 0.6 is 0 Å². The number of hydrogen-bond acceptors (Lipinski definition) is 6. The van der Waals surface area contributed by atoms with Crippen LogP contribution in [0.25, 0.3) is 0 Å². The van der Waals surface area contributed by atoms with Crippen LogP contribution in [0.3, 0.4) is 0 Å². The van der Waals surface area contributed by atoms with Crippen molar-refractivity contribution in [1.82, 2.24) is 15.0 Å². The third-order valence-corrected chi connectivity index (χ3v) is 4.28. The Labute approximate surface area is 147 Å². The first kappa shape index (κ1) is 17.4. The van der Waals surface area contributed by atoms with E-state index in [1.165, 1.54) is 0 Å². The maximum atomic E-state index is 12.7. The van der Waals surface area contributed by atoms with Crippen molar-refractivity contribution in [2.75, 3.05) is 38.7 Å². The molecule has 1 aliphatic rings. The summed E-state index contributed by atoms with van der Waals surface area (Å²) in [7, 11) is 3.98. The van der Waals surface area contributed by atoms with Crippen molar-refractivity contribution in [2.24, 2.45) is 0 Å². The lowest BCUT2D eigenvalue weighted by molar-refractivity contribution is -0.0250. The fourth-order valence-electron chi connectivity index (χ4n) is 2.85. The van der Waals surface area contributed by atoms with E-state index in [-0.39, 0.29) is 12.0 Å². The minimum absolute atomic E-state index is 0.128. The van der Waals surface area contributed by atoms with Gasteiger partial charge in [0.2, 0.25) is 0 Å². The van der Waals surface area contributed by atoms with E-state index < -0.39 is 0 Å². The Balaban J connectivity index is 1.78. The average Bonchev–Trinajstić information content (AvgIpc) is 3.10. The van der Waals surface area contributed by atoms with Crippen molar-refractivity contribution in [1.29, 1.82) is 0 Å². The predicted molar refractivity (Wildman–Crippen MR) is 93.8 cm³/mol. The zero-order chi connectivity index (χ0) is 18.0. The minimum atomic E-state index is -0.242. The topological polar surface area (TPSA) is 71.7 Å². The van der Waals surface area contributed by atoms with Crippen molar-refractivity contribution in [3.05, 3.63) is 41.0 Å². The summed E-state index contributed by atoms with van der Waals surface area (Å²) in [4.78, 5) is 21.1. The molecule has 2 aromatic heterocycles. The largest absolute Gasteiger partial charge is 0.378 e. The van der Waals surface area contributed by atoms with Gasteiger partial charge in [-0.3, -0.25) is 9.78 Å². The zero-order valence-electron chi connectivity index (χ0n) is 15.2. The molecule has 3 rings (SSSR count). The van der Waals surface area contributed by atoms with E-state index >= 15 is 0 Å². The van der Waals surface area contributed by atoms with Crippen LogP contribution in [0, 0.1) is 6.92 Å². The molecule has 0 saturated carbocycles. The highest BCUT2D eigenvalue weighted by molar-refractivity contribution is 5.92. The number of pyridine rings is 1. The van der Waals surface area contributed by atoms with Gasteiger partial charge in [0.05, 0.1) is 18.8 Å². The summed E-state index contributed by atoms with van der Waals surface area (Å²) in [5.41, 5.74) is 3.19. The van der Waals surface area contributed by atoms with E-state index in [0.29, 0.717) is 37.6 Å². The van der Waals surface area contributed by atoms with Crippen molar-refractivity contribution in [2.45, 2.75) is 26.4 Å². The number of aryl methyl sites for hydroxylation is 2. The summed E-state index contributed by atoms with van der Waals surface area (Å²) in [6.07, 6.45) is 0.473. The summed E-state index contributed by atoms with van der Waals surface area (Å²) in [5, 5.41) is 3.88. The van der Waals surface area contributed by atoms with Gasteiger partial charge in [-0.2, -0.15) is 0 Å². The first-order valence-electron chi connectivity index (χ1n) is 8.50. The molecule has 3 heterocycles. The van der Waals surface area contributed by atoms with E-state index in [2.05, 4.69) is 10.1 Å². The lowest BCUT2D eigenvalue weighted by Gasteiger charge is -2.32. The summed E-state index contributed by atoms with van der Waals surface area (Å²) in [5.74, 6) is 0.585. The van der Waals surface area contributed by atoms with E-state index in [1.807, 2.05) is 45.0 Å². The number of rotatable bonds is 4. The van der Waals surface area contributed by atoms with E-state index in [0.717, 1.165) is 17.1 Å². The van der Waals surface area contributed by atoms with Crippen LogP contribution in [0.2, 0.25) is 0 Å². The van der Waals surface area contributed by atoms with Crippen LogP contribution in [0.5, 0.6) is 0 Å². The molecule has 1 unspecified atom stereocenters. The Hall–Kier alpha value is -2.41. The predicted octanol–water partition coefficient (Wildman–Crippen LogP) is 2.22. The molecule has 0 aliphatic carbocycles. The van der Waals surface area contributed by atoms with Crippen molar-refractivity contribution in [3.8, 4) is 0 Å². The van der Waals surface area contributed by atoms with Crippen molar-refractivity contribution in [3.63, 3.8) is 0 Å². The molecule has 0 aromatic carbocycles. The third kappa shape index (κ3) is 3.82. The van der Waals surface area contributed by atoms with E-state index in [1.54, 1.807) is 11.0 Å². The molecule has 7 heteroatoms. The second-order valence-corrected chi connectivity index (χ2v) is 6.43. The Kier molecular flexibility index (Phi) is 5.03. The SMILES string of the molecule is CCc1cc(C(=O)N2CCOC(c3cc(N(C)C)cc(C)n3)C2)no1. The molecule has 1 aliphatic heterocycles. The van der Waals surface area contributed by atoms with Gasteiger partial charge >= 0.3 is 0 Å². The minimum Gasteiger partial charge on any atom is -0.378 e. The molecule has 2 aromatic rings. The van der Waals surface area contributed by atoms with Crippen LogP contribution in [-0.4, -0.2) is 54.7 Å². The van der Waals surface area contributed by atoms with Gasteiger partial charge in [-0.15, -0.1) is 0 Å². The molecular weight excluding hydrogens is 320 g/mol. The van der Waals surface area contributed by atoms with Gasteiger partial charge in [0, 0.05) is 44.5 Å². The number of nitrogens with zero attached hydrogens (tertiary/aromatic N) is 4. The summed E-state index contributed by atoms with van der Waals surface area (Å²) >= 11 is 0. The molecule has 134 valence electrons. The number of ether oxygens (including phenoxy) is 1. The first-order valence-corrected chi connectivity index (χ1v) is 8.50. The van der Waals surface area contributed by atoms with Gasteiger partial charge in [0.1, 0.15) is 11.9 Å². The monoisotopic (exact) mass is 344 g/mol. The zero-order valence-corrected chi connectivity index (χ0v) is 15.2. The highest BCUT2D eigenvalue weighted by atomic mass is 16.5. The van der Waals surface area contributed by atoms with Gasteiger partial charge in [-0.25, -0.2) is 0 Å². The summed E-state index contributed by atoms with van der Waals surface area (Å²) in [6.45, 7) is 5.39. The Bertz CT molecular complexity index is 757. The van der Waals surface area contributed by atoms with Crippen LogP contribution in [-0.2, 0) is 11.2 Å². The maximum absolute atomic E-state index is 12.7. The lowest BCUT2D eigenvalue weighted by atomic mass is 10.1. The van der Waals surface area contributed by atoms with Crippen molar-refractivity contribution < 1.29 is 14.1 Å². The molecule has 7 nitrogen and oxygen atoms in total. The maximum Gasteiger partial charge on any atom is 0.276 e. The second kappa shape index (κ2) is 7.23. The fraction of sp³-hybridized carbons (Fsp3) is 0.500.